The van der Waals surface area contributed by atoms with Gasteiger partial charge >= 0.3 is 6.01 Å². The van der Waals surface area contributed by atoms with Crippen LogP contribution in [0.25, 0.3) is 11.4 Å². The molecular formula is C12H9ClF3N3O. The van der Waals surface area contributed by atoms with E-state index in [-0.39, 0.29) is 28.8 Å². The van der Waals surface area contributed by atoms with E-state index >= 15 is 0 Å². The van der Waals surface area contributed by atoms with Crippen LogP contribution in [0.3, 0.4) is 0 Å². The van der Waals surface area contributed by atoms with Crippen LogP contribution < -0.4 is 4.74 Å². The fourth-order valence-corrected chi connectivity index (χ4v) is 1.56. The normalized spacial score (nSPS) is 10.9. The number of rotatable bonds is 3. The minimum absolute atomic E-state index is 0.0701. The Hall–Kier alpha value is -1.89. The zero-order valence-electron chi connectivity index (χ0n) is 10.5. The fraction of sp³-hybridized carbons (Fsp3) is 0.250. The Balaban J connectivity index is 2.49. The molecule has 0 amide bonds. The number of hydrogen-bond acceptors (Lipinski definition) is 4. The first-order valence-electron chi connectivity index (χ1n) is 5.60. The monoisotopic (exact) mass is 303 g/mol. The number of nitrogens with zero attached hydrogens (tertiary/aromatic N) is 3. The minimum Gasteiger partial charge on any atom is -0.461 e. The highest BCUT2D eigenvalue weighted by Gasteiger charge is 2.15. The van der Waals surface area contributed by atoms with Crippen LogP contribution in [0, 0.1) is 17.5 Å². The van der Waals surface area contributed by atoms with Crippen LogP contribution in [0.4, 0.5) is 13.2 Å². The van der Waals surface area contributed by atoms with E-state index in [1.807, 2.05) is 0 Å². The van der Waals surface area contributed by atoms with Crippen molar-refractivity contribution in [2.45, 2.75) is 20.0 Å². The first-order chi connectivity index (χ1) is 9.36. The Morgan fingerprint density at radius 3 is 2.20 bits per heavy atom. The van der Waals surface area contributed by atoms with Crippen molar-refractivity contribution in [2.75, 3.05) is 0 Å². The van der Waals surface area contributed by atoms with Gasteiger partial charge in [-0.05, 0) is 37.6 Å². The van der Waals surface area contributed by atoms with Gasteiger partial charge in [-0.25, -0.2) is 13.2 Å². The van der Waals surface area contributed by atoms with E-state index in [0.717, 1.165) is 12.1 Å². The van der Waals surface area contributed by atoms with Crippen molar-refractivity contribution in [1.82, 2.24) is 15.0 Å². The molecule has 0 spiro atoms. The molecule has 0 atom stereocenters. The molecule has 0 aliphatic rings. The number of ether oxygens (including phenoxy) is 1. The van der Waals surface area contributed by atoms with Gasteiger partial charge in [0.15, 0.2) is 23.3 Å². The number of hydrogen-bond donors (Lipinski definition) is 0. The second-order valence-corrected chi connectivity index (χ2v) is 4.47. The predicted octanol–water partition coefficient (Wildman–Crippen LogP) is 3.40. The number of aromatic nitrogens is 3. The molecule has 0 radical (unpaired) electrons. The summed E-state index contributed by atoms with van der Waals surface area (Å²) in [5, 5.41) is -0.198. The van der Waals surface area contributed by atoms with E-state index in [2.05, 4.69) is 15.0 Å². The van der Waals surface area contributed by atoms with Crippen LogP contribution in [0.5, 0.6) is 6.01 Å². The SMILES string of the molecule is CC(C)Oc1nc(Cl)nc(-c2cc(F)c(F)c(F)c2)n1. The van der Waals surface area contributed by atoms with Gasteiger partial charge in [-0.15, -0.1) is 0 Å². The van der Waals surface area contributed by atoms with Gasteiger partial charge in [-0.2, -0.15) is 15.0 Å². The Labute approximate surface area is 117 Å². The number of benzene rings is 1. The van der Waals surface area contributed by atoms with Gasteiger partial charge in [-0.3, -0.25) is 0 Å². The molecule has 0 unspecified atom stereocenters. The molecule has 106 valence electrons. The maximum atomic E-state index is 13.2. The summed E-state index contributed by atoms with van der Waals surface area (Å²) in [6, 6.07) is 1.45. The van der Waals surface area contributed by atoms with E-state index in [1.54, 1.807) is 13.8 Å². The first-order valence-corrected chi connectivity index (χ1v) is 5.97. The van der Waals surface area contributed by atoms with Crippen molar-refractivity contribution >= 4 is 11.6 Å². The minimum atomic E-state index is -1.56. The molecular weight excluding hydrogens is 295 g/mol. The van der Waals surface area contributed by atoms with Gasteiger partial charge in [0.05, 0.1) is 6.10 Å². The van der Waals surface area contributed by atoms with E-state index in [0.29, 0.717) is 0 Å². The maximum Gasteiger partial charge on any atom is 0.321 e. The van der Waals surface area contributed by atoms with Gasteiger partial charge in [0.1, 0.15) is 0 Å². The van der Waals surface area contributed by atoms with Gasteiger partial charge < -0.3 is 4.74 Å². The zero-order valence-corrected chi connectivity index (χ0v) is 11.2. The van der Waals surface area contributed by atoms with Crippen LogP contribution in [0.2, 0.25) is 5.28 Å². The molecule has 1 aromatic carbocycles. The average molecular weight is 304 g/mol. The van der Waals surface area contributed by atoms with Crippen molar-refractivity contribution in [3.63, 3.8) is 0 Å². The second kappa shape index (κ2) is 5.62. The van der Waals surface area contributed by atoms with Gasteiger partial charge in [0.25, 0.3) is 0 Å². The molecule has 2 aromatic rings. The lowest BCUT2D eigenvalue weighted by Crippen LogP contribution is -2.09. The molecule has 1 heterocycles. The summed E-state index contributed by atoms with van der Waals surface area (Å²) >= 11 is 5.69. The number of halogens is 4. The lowest BCUT2D eigenvalue weighted by atomic mass is 10.2. The van der Waals surface area contributed by atoms with Crippen molar-refractivity contribution in [1.29, 1.82) is 0 Å². The molecule has 2 rings (SSSR count). The van der Waals surface area contributed by atoms with Gasteiger partial charge in [-0.1, -0.05) is 0 Å². The molecule has 0 saturated carbocycles. The molecule has 0 saturated heterocycles. The van der Waals surface area contributed by atoms with Crippen LogP contribution in [0.15, 0.2) is 12.1 Å². The summed E-state index contributed by atoms with van der Waals surface area (Å²) in [5.41, 5.74) is -0.0701. The van der Waals surface area contributed by atoms with E-state index in [1.165, 1.54) is 0 Å². The lowest BCUT2D eigenvalue weighted by Gasteiger charge is -2.09. The smallest absolute Gasteiger partial charge is 0.321 e. The summed E-state index contributed by atoms with van der Waals surface area (Å²) in [5.74, 6) is -4.36. The summed E-state index contributed by atoms with van der Waals surface area (Å²) in [4.78, 5) is 11.3. The largest absolute Gasteiger partial charge is 0.461 e. The standard InChI is InChI=1S/C12H9ClF3N3O/c1-5(2)20-12-18-10(17-11(13)19-12)6-3-7(14)9(16)8(15)4-6/h3-5H,1-2H3. The topological polar surface area (TPSA) is 47.9 Å². The van der Waals surface area contributed by atoms with Crippen molar-refractivity contribution < 1.29 is 17.9 Å². The van der Waals surface area contributed by atoms with Crippen LogP contribution >= 0.6 is 11.6 Å². The molecule has 0 aliphatic carbocycles. The first kappa shape index (κ1) is 14.5. The third kappa shape index (κ3) is 3.16. The quantitative estimate of drug-likeness (QED) is 0.815. The van der Waals surface area contributed by atoms with Crippen LogP contribution in [-0.2, 0) is 0 Å². The Morgan fingerprint density at radius 2 is 1.65 bits per heavy atom. The molecule has 4 nitrogen and oxygen atoms in total. The maximum absolute atomic E-state index is 13.2. The summed E-state index contributed by atoms with van der Waals surface area (Å²) in [6.45, 7) is 3.49. The highest BCUT2D eigenvalue weighted by molar-refractivity contribution is 6.28. The molecule has 20 heavy (non-hydrogen) atoms. The van der Waals surface area contributed by atoms with E-state index in [9.17, 15) is 13.2 Å². The Morgan fingerprint density at radius 1 is 1.05 bits per heavy atom. The van der Waals surface area contributed by atoms with Gasteiger partial charge in [0.2, 0.25) is 5.28 Å². The lowest BCUT2D eigenvalue weighted by molar-refractivity contribution is 0.222. The second-order valence-electron chi connectivity index (χ2n) is 4.13. The molecule has 0 aliphatic heterocycles. The molecule has 1 aromatic heterocycles. The van der Waals surface area contributed by atoms with Crippen molar-refractivity contribution in [2.24, 2.45) is 0 Å². The summed E-state index contributed by atoms with van der Waals surface area (Å²) < 4.78 is 44.5. The van der Waals surface area contributed by atoms with E-state index < -0.39 is 17.5 Å². The predicted molar refractivity (Wildman–Crippen MR) is 65.9 cm³/mol. The van der Waals surface area contributed by atoms with Crippen LogP contribution in [0.1, 0.15) is 13.8 Å². The summed E-state index contributed by atoms with van der Waals surface area (Å²) in [6.07, 6.45) is -0.219. The average Bonchev–Trinajstić information content (AvgIpc) is 2.33. The zero-order chi connectivity index (χ0) is 14.9. The van der Waals surface area contributed by atoms with E-state index in [4.69, 9.17) is 16.3 Å². The van der Waals surface area contributed by atoms with Crippen molar-refractivity contribution in [3.8, 4) is 17.4 Å². The Kier molecular flexibility index (Phi) is 4.08. The molecule has 8 heteroatoms. The highest BCUT2D eigenvalue weighted by Crippen LogP contribution is 2.23. The van der Waals surface area contributed by atoms with Gasteiger partial charge in [0, 0.05) is 5.56 Å². The molecule has 0 fully saturated rings. The van der Waals surface area contributed by atoms with Crippen LogP contribution in [-0.4, -0.2) is 21.1 Å². The molecule has 0 bridgehead atoms. The Bertz CT molecular complexity index is 629. The summed E-state index contributed by atoms with van der Waals surface area (Å²) in [7, 11) is 0. The highest BCUT2D eigenvalue weighted by atomic mass is 35.5. The fourth-order valence-electron chi connectivity index (χ4n) is 1.41. The van der Waals surface area contributed by atoms with Crippen molar-refractivity contribution in [3.05, 3.63) is 34.9 Å². The third-order valence-corrected chi connectivity index (χ3v) is 2.34. The third-order valence-electron chi connectivity index (χ3n) is 2.17. The molecule has 0 N–H and O–H groups in total.